The topological polar surface area (TPSA) is 96.6 Å². The molecule has 0 bridgehead atoms. The third-order valence-corrected chi connectivity index (χ3v) is 5.70. The highest BCUT2D eigenvalue weighted by molar-refractivity contribution is 14.0. The van der Waals surface area contributed by atoms with Gasteiger partial charge in [0.05, 0.1) is 18.1 Å². The summed E-state index contributed by atoms with van der Waals surface area (Å²) in [5.41, 5.74) is 1.68. The van der Waals surface area contributed by atoms with Crippen LogP contribution in [0.15, 0.2) is 45.9 Å². The van der Waals surface area contributed by atoms with E-state index in [-0.39, 0.29) is 41.5 Å². The molecule has 1 unspecified atom stereocenters. The van der Waals surface area contributed by atoms with Gasteiger partial charge in [-0.2, -0.15) is 0 Å². The summed E-state index contributed by atoms with van der Waals surface area (Å²) in [6, 6.07) is 11.5. The minimum absolute atomic E-state index is 0. The van der Waals surface area contributed by atoms with E-state index in [1.54, 1.807) is 0 Å². The van der Waals surface area contributed by atoms with Gasteiger partial charge in [0.25, 0.3) is 0 Å². The van der Waals surface area contributed by atoms with Crippen molar-refractivity contribution in [3.05, 3.63) is 42.1 Å². The Morgan fingerprint density at radius 3 is 2.77 bits per heavy atom. The molecule has 0 aliphatic carbocycles. The van der Waals surface area contributed by atoms with Gasteiger partial charge < -0.3 is 15.2 Å². The summed E-state index contributed by atoms with van der Waals surface area (Å²) < 4.78 is 28.5. The Kier molecular flexibility index (Phi) is 7.44. The molecule has 2 N–H and O–H groups in total. The summed E-state index contributed by atoms with van der Waals surface area (Å²) >= 11 is 0. The Balaban J connectivity index is 0.00000243. The van der Waals surface area contributed by atoms with Crippen LogP contribution in [-0.2, 0) is 16.4 Å². The van der Waals surface area contributed by atoms with Gasteiger partial charge in [-0.05, 0) is 13.3 Å². The van der Waals surface area contributed by atoms with Crippen LogP contribution in [0.3, 0.4) is 0 Å². The average Bonchev–Trinajstić information content (AvgIpc) is 3.20. The average molecular weight is 490 g/mol. The van der Waals surface area contributed by atoms with Crippen molar-refractivity contribution >= 4 is 39.8 Å². The summed E-state index contributed by atoms with van der Waals surface area (Å²) in [6.45, 7) is 3.01. The van der Waals surface area contributed by atoms with Crippen LogP contribution in [0.25, 0.3) is 11.3 Å². The highest BCUT2D eigenvalue weighted by Gasteiger charge is 2.28. The van der Waals surface area contributed by atoms with E-state index in [9.17, 15) is 8.42 Å². The molecule has 1 atom stereocenters. The number of nitrogens with zero attached hydrogens (tertiary/aromatic N) is 2. The first-order chi connectivity index (χ1) is 12.1. The lowest BCUT2D eigenvalue weighted by molar-refractivity contribution is 0.424. The number of aliphatic imine (C=N–C) groups is 1. The first kappa shape index (κ1) is 20.7. The molecule has 1 saturated heterocycles. The zero-order valence-electron chi connectivity index (χ0n) is 14.5. The zero-order valence-corrected chi connectivity index (χ0v) is 17.7. The van der Waals surface area contributed by atoms with Crippen LogP contribution in [0, 0.1) is 0 Å². The standard InChI is InChI=1S/C17H22N4O3S.HI/c1-2-18-17(20-14-8-9-25(22,23)12-14)19-11-15-10-16(24-21-15)13-6-4-3-5-7-13;/h3-7,10,14H,2,8-9,11-12H2,1H3,(H2,18,19,20);1H. The Morgan fingerprint density at radius 2 is 2.12 bits per heavy atom. The molecule has 3 rings (SSSR count). The third-order valence-electron chi connectivity index (χ3n) is 3.93. The normalized spacial score (nSPS) is 19.0. The predicted octanol–water partition coefficient (Wildman–Crippen LogP) is 2.20. The van der Waals surface area contributed by atoms with Gasteiger partial charge in [0.1, 0.15) is 5.69 Å². The van der Waals surface area contributed by atoms with Gasteiger partial charge in [-0.3, -0.25) is 0 Å². The lowest BCUT2D eigenvalue weighted by atomic mass is 10.2. The van der Waals surface area contributed by atoms with Crippen molar-refractivity contribution < 1.29 is 12.9 Å². The summed E-state index contributed by atoms with van der Waals surface area (Å²) in [5.74, 6) is 1.67. The molecule has 1 fully saturated rings. The minimum atomic E-state index is -2.92. The number of nitrogens with one attached hydrogen (secondary N) is 2. The van der Waals surface area contributed by atoms with Crippen molar-refractivity contribution in [2.45, 2.75) is 25.9 Å². The van der Waals surface area contributed by atoms with E-state index in [0.717, 1.165) is 11.3 Å². The monoisotopic (exact) mass is 490 g/mol. The number of aromatic nitrogens is 1. The number of rotatable bonds is 5. The minimum Gasteiger partial charge on any atom is -0.357 e. The number of hydrogen-bond acceptors (Lipinski definition) is 5. The maximum absolute atomic E-state index is 11.6. The molecule has 0 amide bonds. The number of hydrogen-bond donors (Lipinski definition) is 2. The first-order valence-corrected chi connectivity index (χ1v) is 10.1. The van der Waals surface area contributed by atoms with Gasteiger partial charge in [-0.25, -0.2) is 13.4 Å². The second-order valence-corrected chi connectivity index (χ2v) is 8.22. The van der Waals surface area contributed by atoms with E-state index in [2.05, 4.69) is 20.8 Å². The van der Waals surface area contributed by atoms with Crippen molar-refractivity contribution in [1.29, 1.82) is 0 Å². The van der Waals surface area contributed by atoms with E-state index in [0.29, 0.717) is 31.2 Å². The highest BCUT2D eigenvalue weighted by Crippen LogP contribution is 2.20. The summed E-state index contributed by atoms with van der Waals surface area (Å²) in [5, 5.41) is 10.4. The Hall–Kier alpha value is -1.62. The molecule has 9 heteroatoms. The number of halogens is 1. The molecule has 0 radical (unpaired) electrons. The fourth-order valence-electron chi connectivity index (χ4n) is 2.71. The quantitative estimate of drug-likeness (QED) is 0.379. The van der Waals surface area contributed by atoms with Gasteiger partial charge in [-0.1, -0.05) is 35.5 Å². The smallest absolute Gasteiger partial charge is 0.191 e. The van der Waals surface area contributed by atoms with E-state index < -0.39 is 9.84 Å². The lowest BCUT2D eigenvalue weighted by Gasteiger charge is -2.15. The highest BCUT2D eigenvalue weighted by atomic mass is 127. The Bertz CT molecular complexity index is 837. The largest absolute Gasteiger partial charge is 0.357 e. The van der Waals surface area contributed by atoms with Crippen LogP contribution in [0.5, 0.6) is 0 Å². The Morgan fingerprint density at radius 1 is 1.35 bits per heavy atom. The van der Waals surface area contributed by atoms with E-state index in [4.69, 9.17) is 4.52 Å². The zero-order chi connectivity index (χ0) is 17.7. The van der Waals surface area contributed by atoms with Crippen molar-refractivity contribution in [2.24, 2.45) is 4.99 Å². The van der Waals surface area contributed by atoms with Gasteiger partial charge in [0.2, 0.25) is 0 Å². The van der Waals surface area contributed by atoms with Crippen LogP contribution in [0.2, 0.25) is 0 Å². The van der Waals surface area contributed by atoms with Crippen LogP contribution >= 0.6 is 24.0 Å². The SMILES string of the molecule is CCNC(=NCc1cc(-c2ccccc2)on1)NC1CCS(=O)(=O)C1.I. The summed E-state index contributed by atoms with van der Waals surface area (Å²) in [7, 11) is -2.92. The molecule has 1 aliphatic rings. The summed E-state index contributed by atoms with van der Waals surface area (Å²) in [4.78, 5) is 4.48. The molecule has 7 nitrogen and oxygen atoms in total. The molecule has 26 heavy (non-hydrogen) atoms. The van der Waals surface area contributed by atoms with Crippen LogP contribution in [0.1, 0.15) is 19.0 Å². The maximum atomic E-state index is 11.6. The van der Waals surface area contributed by atoms with E-state index >= 15 is 0 Å². The van der Waals surface area contributed by atoms with Crippen LogP contribution in [-0.4, -0.2) is 43.6 Å². The molecule has 2 aromatic rings. The molecule has 1 aromatic carbocycles. The molecule has 1 aromatic heterocycles. The predicted molar refractivity (Wildman–Crippen MR) is 112 cm³/mol. The molecule has 2 heterocycles. The Labute approximate surface area is 170 Å². The lowest BCUT2D eigenvalue weighted by Crippen LogP contribution is -2.44. The van der Waals surface area contributed by atoms with Gasteiger partial charge in [0, 0.05) is 24.2 Å². The van der Waals surface area contributed by atoms with E-state index in [1.807, 2.05) is 43.3 Å². The van der Waals surface area contributed by atoms with Gasteiger partial charge in [-0.15, -0.1) is 24.0 Å². The van der Waals surface area contributed by atoms with Crippen LogP contribution < -0.4 is 10.6 Å². The number of sulfone groups is 1. The molecule has 0 spiro atoms. The second kappa shape index (κ2) is 9.36. The molecule has 1 aliphatic heterocycles. The molecular weight excluding hydrogens is 467 g/mol. The number of benzene rings is 1. The van der Waals surface area contributed by atoms with Crippen molar-refractivity contribution in [1.82, 2.24) is 15.8 Å². The molecule has 0 saturated carbocycles. The van der Waals surface area contributed by atoms with Crippen molar-refractivity contribution in [3.8, 4) is 11.3 Å². The third kappa shape index (κ3) is 5.70. The second-order valence-electron chi connectivity index (χ2n) is 5.99. The maximum Gasteiger partial charge on any atom is 0.191 e. The first-order valence-electron chi connectivity index (χ1n) is 8.32. The van der Waals surface area contributed by atoms with Gasteiger partial charge in [0.15, 0.2) is 21.6 Å². The fourth-order valence-corrected chi connectivity index (χ4v) is 4.38. The van der Waals surface area contributed by atoms with Crippen molar-refractivity contribution in [3.63, 3.8) is 0 Å². The molecule has 142 valence electrons. The number of guanidine groups is 1. The van der Waals surface area contributed by atoms with Crippen molar-refractivity contribution in [2.75, 3.05) is 18.1 Å². The van der Waals surface area contributed by atoms with Crippen LogP contribution in [0.4, 0.5) is 0 Å². The fraction of sp³-hybridized carbons (Fsp3) is 0.412. The van der Waals surface area contributed by atoms with E-state index in [1.165, 1.54) is 0 Å². The molecular formula is C17H23IN4O3S. The van der Waals surface area contributed by atoms with Gasteiger partial charge >= 0.3 is 0 Å². The summed E-state index contributed by atoms with van der Waals surface area (Å²) in [6.07, 6.45) is 0.606.